The van der Waals surface area contributed by atoms with Crippen LogP contribution in [0.3, 0.4) is 0 Å². The molecule has 1 fully saturated rings. The van der Waals surface area contributed by atoms with Gasteiger partial charge in [0.25, 0.3) is 0 Å². The van der Waals surface area contributed by atoms with Crippen LogP contribution in [-0.2, 0) is 14.3 Å². The lowest BCUT2D eigenvalue weighted by molar-refractivity contribution is -0.136. The monoisotopic (exact) mass is 376 g/mol. The van der Waals surface area contributed by atoms with E-state index in [1.54, 1.807) is 6.92 Å². The largest absolute Gasteiger partial charge is 0.456 e. The molecule has 2 aromatic heterocycles. The lowest BCUT2D eigenvalue weighted by atomic mass is 9.96. The fraction of sp³-hybridized carbons (Fsp3) is 0.471. The average molecular weight is 376 g/mol. The normalized spacial score (nSPS) is 27.4. The Hall–Kier alpha value is -2.71. The molecule has 1 aliphatic rings. The predicted molar refractivity (Wildman–Crippen MR) is 93.1 cm³/mol. The van der Waals surface area contributed by atoms with Gasteiger partial charge in [0.1, 0.15) is 35.6 Å². The van der Waals surface area contributed by atoms with E-state index in [2.05, 4.69) is 21.8 Å². The number of fused-ring (bicyclic) bond motifs is 1. The molecule has 2 aromatic rings. The summed E-state index contributed by atoms with van der Waals surface area (Å²) in [7, 11) is 0. The number of anilines is 1. The van der Waals surface area contributed by atoms with E-state index in [9.17, 15) is 20.1 Å². The Morgan fingerprint density at radius 1 is 1.52 bits per heavy atom. The topological polar surface area (TPSA) is 153 Å². The Morgan fingerprint density at radius 2 is 2.26 bits per heavy atom. The van der Waals surface area contributed by atoms with Crippen LogP contribution in [0.15, 0.2) is 12.5 Å². The quantitative estimate of drug-likeness (QED) is 0.387. The van der Waals surface area contributed by atoms with Crippen molar-refractivity contribution in [1.82, 2.24) is 14.5 Å². The SMILES string of the molecule is CCOC(=O)C#Cc1cn(C2OC(CO)[C@@H](O)C2(C)O)c2ncnc(N)c12. The van der Waals surface area contributed by atoms with Crippen molar-refractivity contribution in [1.29, 1.82) is 0 Å². The molecule has 1 aliphatic heterocycles. The van der Waals surface area contributed by atoms with Crippen LogP contribution in [-0.4, -0.2) is 66.8 Å². The summed E-state index contributed by atoms with van der Waals surface area (Å²) in [5.74, 6) is 4.44. The number of hydrogen-bond donors (Lipinski definition) is 4. The number of ether oxygens (including phenoxy) is 2. The summed E-state index contributed by atoms with van der Waals surface area (Å²) in [6.07, 6.45) is -0.637. The van der Waals surface area contributed by atoms with Crippen LogP contribution < -0.4 is 5.73 Å². The number of aliphatic hydroxyl groups is 3. The van der Waals surface area contributed by atoms with Crippen LogP contribution in [0.4, 0.5) is 5.82 Å². The smallest absolute Gasteiger partial charge is 0.384 e. The van der Waals surface area contributed by atoms with Gasteiger partial charge in [0.2, 0.25) is 0 Å². The third kappa shape index (κ3) is 3.22. The first-order valence-corrected chi connectivity index (χ1v) is 8.27. The average Bonchev–Trinajstić information content (AvgIpc) is 3.10. The lowest BCUT2D eigenvalue weighted by Gasteiger charge is -2.27. The second-order valence-electron chi connectivity index (χ2n) is 6.26. The Bertz CT molecular complexity index is 929. The van der Waals surface area contributed by atoms with Crippen molar-refractivity contribution < 1.29 is 29.6 Å². The summed E-state index contributed by atoms with van der Waals surface area (Å²) in [4.78, 5) is 19.6. The van der Waals surface area contributed by atoms with Crippen molar-refractivity contribution in [3.8, 4) is 11.8 Å². The van der Waals surface area contributed by atoms with Gasteiger partial charge in [-0.05, 0) is 13.8 Å². The minimum atomic E-state index is -1.72. The van der Waals surface area contributed by atoms with Gasteiger partial charge in [0.05, 0.1) is 24.2 Å². The highest BCUT2D eigenvalue weighted by molar-refractivity contribution is 5.95. The number of nitrogen functional groups attached to an aromatic ring is 1. The van der Waals surface area contributed by atoms with Crippen LogP contribution in [0.25, 0.3) is 11.0 Å². The van der Waals surface area contributed by atoms with Gasteiger partial charge in [0.15, 0.2) is 6.23 Å². The van der Waals surface area contributed by atoms with Gasteiger partial charge < -0.3 is 35.1 Å². The molecular weight excluding hydrogens is 356 g/mol. The molecule has 10 heteroatoms. The molecule has 0 amide bonds. The van der Waals surface area contributed by atoms with E-state index in [1.807, 2.05) is 0 Å². The number of rotatable bonds is 3. The fourth-order valence-electron chi connectivity index (χ4n) is 3.06. The molecule has 0 saturated carbocycles. The van der Waals surface area contributed by atoms with Gasteiger partial charge in [-0.3, -0.25) is 0 Å². The van der Waals surface area contributed by atoms with E-state index in [-0.39, 0.29) is 12.4 Å². The number of aliphatic hydroxyl groups excluding tert-OH is 2. The Balaban J connectivity index is 2.13. The lowest BCUT2D eigenvalue weighted by Crippen LogP contribution is -2.44. The molecule has 27 heavy (non-hydrogen) atoms. The fourth-order valence-corrected chi connectivity index (χ4v) is 3.06. The molecule has 3 rings (SSSR count). The number of nitrogens with zero attached hydrogens (tertiary/aromatic N) is 3. The first-order valence-electron chi connectivity index (χ1n) is 8.27. The van der Waals surface area contributed by atoms with Crippen molar-refractivity contribution >= 4 is 22.8 Å². The maximum absolute atomic E-state index is 11.5. The van der Waals surface area contributed by atoms with E-state index in [4.69, 9.17) is 15.2 Å². The van der Waals surface area contributed by atoms with Crippen LogP contribution >= 0.6 is 0 Å². The molecule has 3 heterocycles. The third-order valence-corrected chi connectivity index (χ3v) is 4.40. The Kier molecular flexibility index (Phi) is 5.03. The number of aromatic nitrogens is 3. The molecule has 4 atom stereocenters. The number of esters is 1. The van der Waals surface area contributed by atoms with Gasteiger partial charge in [-0.2, -0.15) is 0 Å². The van der Waals surface area contributed by atoms with E-state index < -0.39 is 36.6 Å². The predicted octanol–water partition coefficient (Wildman–Crippen LogP) is -1.07. The zero-order valence-corrected chi connectivity index (χ0v) is 14.8. The van der Waals surface area contributed by atoms with Crippen molar-refractivity contribution in [2.75, 3.05) is 18.9 Å². The number of nitrogens with two attached hydrogens (primary N) is 1. The maximum Gasteiger partial charge on any atom is 0.384 e. The highest BCUT2D eigenvalue weighted by atomic mass is 16.6. The molecule has 0 bridgehead atoms. The first-order chi connectivity index (χ1) is 12.8. The molecule has 0 spiro atoms. The number of hydrogen-bond acceptors (Lipinski definition) is 9. The van der Waals surface area contributed by atoms with Crippen molar-refractivity contribution in [3.63, 3.8) is 0 Å². The van der Waals surface area contributed by atoms with Gasteiger partial charge in [-0.25, -0.2) is 14.8 Å². The summed E-state index contributed by atoms with van der Waals surface area (Å²) < 4.78 is 11.8. The van der Waals surface area contributed by atoms with Crippen LogP contribution in [0.1, 0.15) is 25.6 Å². The van der Waals surface area contributed by atoms with E-state index in [1.165, 1.54) is 24.0 Å². The summed E-state index contributed by atoms with van der Waals surface area (Å²) in [5.41, 5.74) is 4.85. The standard InChI is InChI=1S/C17H20N4O6/c1-3-26-11(23)5-4-9-6-21(15-12(9)14(18)19-8-20-15)16-17(2,25)13(24)10(7-22)27-16/h6,8,10,13,16,22,24-25H,3,7H2,1-2H3,(H2,18,19,20)/t10?,13-,16?,17?/m1/s1. The number of carbonyl (C=O) groups is 1. The minimum absolute atomic E-state index is 0.129. The highest BCUT2D eigenvalue weighted by Gasteiger charge is 2.53. The zero-order valence-electron chi connectivity index (χ0n) is 14.8. The third-order valence-electron chi connectivity index (χ3n) is 4.40. The Morgan fingerprint density at radius 3 is 2.89 bits per heavy atom. The number of carbonyl (C=O) groups excluding carboxylic acids is 1. The summed E-state index contributed by atoms with van der Waals surface area (Å²) in [6.45, 7) is 2.78. The van der Waals surface area contributed by atoms with Gasteiger partial charge in [-0.15, -0.1) is 0 Å². The molecule has 10 nitrogen and oxygen atoms in total. The summed E-state index contributed by atoms with van der Waals surface area (Å²) in [6, 6.07) is 0. The van der Waals surface area contributed by atoms with Gasteiger partial charge in [-0.1, -0.05) is 5.92 Å². The second kappa shape index (κ2) is 7.13. The van der Waals surface area contributed by atoms with Crippen molar-refractivity contribution in [3.05, 3.63) is 18.1 Å². The van der Waals surface area contributed by atoms with Crippen molar-refractivity contribution in [2.45, 2.75) is 37.9 Å². The molecule has 1 saturated heterocycles. The Labute approximate surface area is 154 Å². The zero-order chi connectivity index (χ0) is 19.8. The van der Waals surface area contributed by atoms with E-state index in [0.717, 1.165) is 0 Å². The van der Waals surface area contributed by atoms with Crippen LogP contribution in [0, 0.1) is 11.8 Å². The molecular formula is C17H20N4O6. The molecule has 5 N–H and O–H groups in total. The molecule has 144 valence electrons. The van der Waals surface area contributed by atoms with Crippen molar-refractivity contribution in [2.24, 2.45) is 0 Å². The highest BCUT2D eigenvalue weighted by Crippen LogP contribution is 2.40. The van der Waals surface area contributed by atoms with Crippen LogP contribution in [0.5, 0.6) is 0 Å². The summed E-state index contributed by atoms with van der Waals surface area (Å²) in [5, 5.41) is 30.7. The second-order valence-corrected chi connectivity index (χ2v) is 6.26. The van der Waals surface area contributed by atoms with Crippen LogP contribution in [0.2, 0.25) is 0 Å². The first kappa shape index (κ1) is 19.1. The van der Waals surface area contributed by atoms with E-state index >= 15 is 0 Å². The van der Waals surface area contributed by atoms with Gasteiger partial charge >= 0.3 is 5.97 Å². The van der Waals surface area contributed by atoms with Gasteiger partial charge in [0, 0.05) is 12.1 Å². The van der Waals surface area contributed by atoms with E-state index in [0.29, 0.717) is 16.6 Å². The maximum atomic E-state index is 11.5. The molecule has 0 aromatic carbocycles. The summed E-state index contributed by atoms with van der Waals surface area (Å²) >= 11 is 0. The minimum Gasteiger partial charge on any atom is -0.456 e. The molecule has 0 aliphatic carbocycles. The molecule has 3 unspecified atom stereocenters. The molecule has 0 radical (unpaired) electrons.